The van der Waals surface area contributed by atoms with Crippen molar-refractivity contribution < 1.29 is 9.53 Å². The monoisotopic (exact) mass is 336 g/mol. The van der Waals surface area contributed by atoms with Crippen molar-refractivity contribution >= 4 is 22.9 Å². The van der Waals surface area contributed by atoms with Crippen LogP contribution in [0.5, 0.6) is 5.75 Å². The molecule has 1 atom stereocenters. The number of anilines is 1. The second kappa shape index (κ2) is 5.76. The van der Waals surface area contributed by atoms with Crippen LogP contribution in [0.1, 0.15) is 6.92 Å². The number of hydrogen-bond donors (Lipinski definition) is 0. The molecule has 5 heteroatoms. The minimum atomic E-state index is -0.447. The lowest BCUT2D eigenvalue weighted by Gasteiger charge is -2.30. The van der Waals surface area contributed by atoms with Crippen LogP contribution in [0.25, 0.3) is 21.8 Å². The Labute approximate surface area is 144 Å². The molecular weight excluding hydrogens is 320 g/mol. The van der Waals surface area contributed by atoms with Gasteiger partial charge in [0.2, 0.25) is 0 Å². The topological polar surface area (TPSA) is 42.4 Å². The molecule has 1 aliphatic rings. The van der Waals surface area contributed by atoms with E-state index < -0.39 is 6.10 Å². The Morgan fingerprint density at radius 3 is 2.71 bits per heavy atom. The number of amides is 1. The quantitative estimate of drug-likeness (QED) is 0.703. The first-order chi connectivity index (χ1) is 11.6. The standard InChI is InChI=1S/C19H16N2O2S/c1-12-19(22)21(2)16-10-14(8-9-17(16)23-12)15-11-24-18(20-15)13-6-4-3-5-7-13/h3-12H,1-2H3. The summed E-state index contributed by atoms with van der Waals surface area (Å²) in [4.78, 5) is 18.5. The lowest BCUT2D eigenvalue weighted by Crippen LogP contribution is -2.41. The van der Waals surface area contributed by atoms with Gasteiger partial charge in [0.05, 0.1) is 11.4 Å². The summed E-state index contributed by atoms with van der Waals surface area (Å²) in [6.07, 6.45) is -0.447. The highest BCUT2D eigenvalue weighted by molar-refractivity contribution is 7.13. The molecule has 4 nitrogen and oxygen atoms in total. The van der Waals surface area contributed by atoms with Gasteiger partial charge in [0.25, 0.3) is 5.91 Å². The molecule has 0 saturated heterocycles. The molecule has 4 rings (SSSR count). The van der Waals surface area contributed by atoms with Crippen molar-refractivity contribution in [3.8, 4) is 27.6 Å². The van der Waals surface area contributed by atoms with Crippen LogP contribution in [0.4, 0.5) is 5.69 Å². The van der Waals surface area contributed by atoms with Gasteiger partial charge in [-0.2, -0.15) is 0 Å². The smallest absolute Gasteiger partial charge is 0.267 e. The fourth-order valence-electron chi connectivity index (χ4n) is 2.79. The van der Waals surface area contributed by atoms with Gasteiger partial charge in [0, 0.05) is 23.6 Å². The van der Waals surface area contributed by atoms with E-state index in [0.717, 1.165) is 33.3 Å². The number of aromatic nitrogens is 1. The largest absolute Gasteiger partial charge is 0.479 e. The predicted octanol–water partition coefficient (Wildman–Crippen LogP) is 4.22. The fraction of sp³-hybridized carbons (Fsp3) is 0.158. The average molecular weight is 336 g/mol. The van der Waals surface area contributed by atoms with E-state index in [9.17, 15) is 4.79 Å². The third-order valence-corrected chi connectivity index (χ3v) is 5.01. The first-order valence-corrected chi connectivity index (χ1v) is 8.61. The number of ether oxygens (including phenoxy) is 1. The van der Waals surface area contributed by atoms with E-state index in [1.807, 2.05) is 41.8 Å². The molecule has 0 bridgehead atoms. The molecule has 2 heterocycles. The van der Waals surface area contributed by atoms with Crippen molar-refractivity contribution in [3.05, 3.63) is 53.9 Å². The Balaban J connectivity index is 1.72. The molecule has 0 radical (unpaired) electrons. The van der Waals surface area contributed by atoms with Gasteiger partial charge in [0.15, 0.2) is 6.10 Å². The fourth-order valence-corrected chi connectivity index (χ4v) is 3.63. The van der Waals surface area contributed by atoms with Crippen molar-refractivity contribution in [2.45, 2.75) is 13.0 Å². The number of benzene rings is 2. The third-order valence-electron chi connectivity index (χ3n) is 4.12. The number of carbonyl (C=O) groups is 1. The van der Waals surface area contributed by atoms with Gasteiger partial charge in [-0.3, -0.25) is 4.79 Å². The van der Waals surface area contributed by atoms with E-state index in [0.29, 0.717) is 0 Å². The predicted molar refractivity (Wildman–Crippen MR) is 96.5 cm³/mol. The molecular formula is C19H16N2O2S. The lowest BCUT2D eigenvalue weighted by molar-refractivity contribution is -0.125. The maximum absolute atomic E-state index is 12.1. The highest BCUT2D eigenvalue weighted by atomic mass is 32.1. The maximum atomic E-state index is 12.1. The highest BCUT2D eigenvalue weighted by Gasteiger charge is 2.29. The van der Waals surface area contributed by atoms with Crippen LogP contribution in [0.3, 0.4) is 0 Å². The van der Waals surface area contributed by atoms with Crippen molar-refractivity contribution in [1.29, 1.82) is 0 Å². The number of hydrogen-bond acceptors (Lipinski definition) is 4. The Morgan fingerprint density at radius 2 is 1.92 bits per heavy atom. The summed E-state index contributed by atoms with van der Waals surface area (Å²) in [5.74, 6) is 0.690. The number of rotatable bonds is 2. The molecule has 0 aliphatic carbocycles. The zero-order chi connectivity index (χ0) is 16.7. The number of fused-ring (bicyclic) bond motifs is 1. The minimum Gasteiger partial charge on any atom is -0.479 e. The Kier molecular flexibility index (Phi) is 3.58. The second-order valence-electron chi connectivity index (χ2n) is 5.74. The lowest BCUT2D eigenvalue weighted by atomic mass is 10.1. The van der Waals surface area contributed by atoms with E-state index in [1.54, 1.807) is 30.2 Å². The normalized spacial score (nSPS) is 16.7. The summed E-state index contributed by atoms with van der Waals surface area (Å²) in [5.41, 5.74) is 3.77. The van der Waals surface area contributed by atoms with Crippen molar-refractivity contribution in [2.75, 3.05) is 11.9 Å². The van der Waals surface area contributed by atoms with Crippen LogP contribution in [-0.4, -0.2) is 24.0 Å². The molecule has 0 N–H and O–H groups in total. The summed E-state index contributed by atoms with van der Waals surface area (Å²) >= 11 is 1.61. The highest BCUT2D eigenvalue weighted by Crippen LogP contribution is 2.37. The minimum absolute atomic E-state index is 0.0390. The Morgan fingerprint density at radius 1 is 1.12 bits per heavy atom. The molecule has 24 heavy (non-hydrogen) atoms. The SMILES string of the molecule is CC1Oc2ccc(-c3csc(-c4ccccc4)n3)cc2N(C)C1=O. The van der Waals surface area contributed by atoms with E-state index in [1.165, 1.54) is 0 Å². The molecule has 1 unspecified atom stereocenters. The first kappa shape index (κ1) is 14.9. The molecule has 120 valence electrons. The van der Waals surface area contributed by atoms with Crippen LogP contribution in [0.2, 0.25) is 0 Å². The van der Waals surface area contributed by atoms with Gasteiger partial charge in [-0.05, 0) is 25.1 Å². The van der Waals surface area contributed by atoms with E-state index in [2.05, 4.69) is 12.1 Å². The second-order valence-corrected chi connectivity index (χ2v) is 6.60. The zero-order valence-corrected chi connectivity index (χ0v) is 14.2. The number of carbonyl (C=O) groups excluding carboxylic acids is 1. The van der Waals surface area contributed by atoms with Gasteiger partial charge in [-0.1, -0.05) is 30.3 Å². The van der Waals surface area contributed by atoms with Crippen LogP contribution in [0.15, 0.2) is 53.9 Å². The first-order valence-electron chi connectivity index (χ1n) is 7.73. The number of thiazole rings is 1. The van der Waals surface area contributed by atoms with Crippen LogP contribution in [0, 0.1) is 0 Å². The van der Waals surface area contributed by atoms with Gasteiger partial charge >= 0.3 is 0 Å². The van der Waals surface area contributed by atoms with E-state index in [4.69, 9.17) is 9.72 Å². The summed E-state index contributed by atoms with van der Waals surface area (Å²) in [7, 11) is 1.78. The summed E-state index contributed by atoms with van der Waals surface area (Å²) in [5, 5.41) is 3.02. The Hall–Kier alpha value is -2.66. The van der Waals surface area contributed by atoms with Gasteiger partial charge in [0.1, 0.15) is 10.8 Å². The van der Waals surface area contributed by atoms with E-state index in [-0.39, 0.29) is 5.91 Å². The molecule has 1 aliphatic heterocycles. The van der Waals surface area contributed by atoms with Crippen molar-refractivity contribution in [3.63, 3.8) is 0 Å². The Bertz CT molecular complexity index is 905. The van der Waals surface area contributed by atoms with Gasteiger partial charge < -0.3 is 9.64 Å². The van der Waals surface area contributed by atoms with Crippen molar-refractivity contribution in [1.82, 2.24) is 4.98 Å². The molecule has 1 amide bonds. The zero-order valence-electron chi connectivity index (χ0n) is 13.4. The van der Waals surface area contributed by atoms with E-state index >= 15 is 0 Å². The summed E-state index contributed by atoms with van der Waals surface area (Å²) in [6, 6.07) is 16.0. The van der Waals surface area contributed by atoms with Crippen LogP contribution < -0.4 is 9.64 Å². The molecule has 1 aromatic heterocycles. The van der Waals surface area contributed by atoms with Crippen molar-refractivity contribution in [2.24, 2.45) is 0 Å². The molecule has 3 aromatic rings. The molecule has 0 fully saturated rings. The van der Waals surface area contributed by atoms with Crippen LogP contribution >= 0.6 is 11.3 Å². The summed E-state index contributed by atoms with van der Waals surface area (Å²) in [6.45, 7) is 1.77. The van der Waals surface area contributed by atoms with Gasteiger partial charge in [-0.15, -0.1) is 11.3 Å². The summed E-state index contributed by atoms with van der Waals surface area (Å²) < 4.78 is 5.67. The van der Waals surface area contributed by atoms with Crippen LogP contribution in [-0.2, 0) is 4.79 Å². The number of nitrogens with zero attached hydrogens (tertiary/aromatic N) is 2. The molecule has 0 spiro atoms. The molecule has 0 saturated carbocycles. The maximum Gasteiger partial charge on any atom is 0.267 e. The number of likely N-dealkylation sites (N-methyl/N-ethyl adjacent to an activating group) is 1. The van der Waals surface area contributed by atoms with Gasteiger partial charge in [-0.25, -0.2) is 4.98 Å². The molecule has 2 aromatic carbocycles. The third kappa shape index (κ3) is 2.47. The average Bonchev–Trinajstić information content (AvgIpc) is 3.10.